The first-order chi connectivity index (χ1) is 11.8. The van der Waals surface area contributed by atoms with Gasteiger partial charge >= 0.3 is 5.97 Å². The fourth-order valence-corrected chi connectivity index (χ4v) is 3.26. The summed E-state index contributed by atoms with van der Waals surface area (Å²) in [4.78, 5) is 11.9. The molecule has 2 aromatic carbocycles. The highest BCUT2D eigenvalue weighted by Crippen LogP contribution is 2.18. The lowest BCUT2D eigenvalue weighted by molar-refractivity contribution is -0.147. The van der Waals surface area contributed by atoms with E-state index in [2.05, 4.69) is 15.9 Å². The molecule has 0 aromatic heterocycles. The van der Waals surface area contributed by atoms with Crippen LogP contribution < -0.4 is 4.74 Å². The van der Waals surface area contributed by atoms with Crippen LogP contribution in [0.3, 0.4) is 0 Å². The normalized spacial score (nSPS) is 11.4. The Morgan fingerprint density at radius 3 is 2.52 bits per heavy atom. The fourth-order valence-electron chi connectivity index (χ4n) is 1.91. The fraction of sp³-hybridized carbons (Fsp3) is 0.235. The second-order valence-corrected chi connectivity index (χ2v) is 8.41. The second-order valence-electron chi connectivity index (χ2n) is 5.34. The van der Waals surface area contributed by atoms with Gasteiger partial charge in [-0.2, -0.15) is 0 Å². The number of hydrogen-bond donors (Lipinski definition) is 0. The minimum Gasteiger partial charge on any atom is -0.482 e. The molecule has 0 fully saturated rings. The van der Waals surface area contributed by atoms with E-state index >= 15 is 0 Å². The topological polar surface area (TPSA) is 72.9 Å². The molecule has 0 aliphatic heterocycles. The number of nitrogens with zero attached hydrogens (tertiary/aromatic N) is 1. The highest BCUT2D eigenvalue weighted by molar-refractivity contribution is 9.10. The third kappa shape index (κ3) is 5.55. The first-order valence-electron chi connectivity index (χ1n) is 7.34. The number of carbonyl (C=O) groups excluding carboxylic acids is 1. The van der Waals surface area contributed by atoms with Crippen LogP contribution in [0.4, 0.5) is 0 Å². The van der Waals surface area contributed by atoms with Gasteiger partial charge in [-0.1, -0.05) is 34.1 Å². The van der Waals surface area contributed by atoms with Gasteiger partial charge in [-0.25, -0.2) is 17.5 Å². The summed E-state index contributed by atoms with van der Waals surface area (Å²) in [7, 11) is -0.605. The highest BCUT2D eigenvalue weighted by atomic mass is 79.9. The first-order valence-corrected chi connectivity index (χ1v) is 9.58. The van der Waals surface area contributed by atoms with Crippen LogP contribution in [0, 0.1) is 0 Å². The molecule has 0 amide bonds. The van der Waals surface area contributed by atoms with Gasteiger partial charge in [-0.05, 0) is 35.9 Å². The summed E-state index contributed by atoms with van der Waals surface area (Å²) < 4.78 is 36.6. The molecule has 2 aromatic rings. The molecule has 2 rings (SSSR count). The summed E-state index contributed by atoms with van der Waals surface area (Å²) in [5.41, 5.74) is 0.582. The molecule has 0 aliphatic rings. The molecule has 0 heterocycles. The Balaban J connectivity index is 1.92. The van der Waals surface area contributed by atoms with E-state index in [1.165, 1.54) is 26.2 Å². The third-order valence-corrected chi connectivity index (χ3v) is 5.53. The molecule has 0 N–H and O–H groups in total. The summed E-state index contributed by atoms with van der Waals surface area (Å²) in [5, 5.41) is 0. The molecule has 8 heteroatoms. The SMILES string of the molecule is CN(C)S(=O)(=O)c1cccc(COC(=O)COc2cccc(Br)c2)c1. The van der Waals surface area contributed by atoms with E-state index in [-0.39, 0.29) is 18.1 Å². The molecular formula is C17H18BrNO5S. The van der Waals surface area contributed by atoms with E-state index < -0.39 is 16.0 Å². The number of halogens is 1. The summed E-state index contributed by atoms with van der Waals surface area (Å²) in [6, 6.07) is 13.4. The Labute approximate surface area is 155 Å². The highest BCUT2D eigenvalue weighted by Gasteiger charge is 2.17. The van der Waals surface area contributed by atoms with Crippen LogP contribution in [0.2, 0.25) is 0 Å². The van der Waals surface area contributed by atoms with E-state index in [1.807, 2.05) is 6.07 Å². The van der Waals surface area contributed by atoms with Crippen molar-refractivity contribution in [3.8, 4) is 5.75 Å². The quantitative estimate of drug-likeness (QED) is 0.635. The van der Waals surface area contributed by atoms with Gasteiger partial charge < -0.3 is 9.47 Å². The minimum absolute atomic E-state index is 0.0303. The van der Waals surface area contributed by atoms with Crippen LogP contribution in [0.25, 0.3) is 0 Å². The van der Waals surface area contributed by atoms with Crippen molar-refractivity contribution in [3.63, 3.8) is 0 Å². The predicted octanol–water partition coefficient (Wildman–Crippen LogP) is 2.82. The monoisotopic (exact) mass is 427 g/mol. The standard InChI is InChI=1S/C17H18BrNO5S/c1-19(2)25(21,22)16-8-3-5-13(9-16)11-24-17(20)12-23-15-7-4-6-14(18)10-15/h3-10H,11-12H2,1-2H3. The van der Waals surface area contributed by atoms with E-state index in [4.69, 9.17) is 9.47 Å². The minimum atomic E-state index is -3.52. The molecule has 0 saturated carbocycles. The zero-order valence-corrected chi connectivity index (χ0v) is 16.2. The maximum absolute atomic E-state index is 12.1. The number of benzene rings is 2. The van der Waals surface area contributed by atoms with Crippen molar-refractivity contribution < 1.29 is 22.7 Å². The number of esters is 1. The zero-order valence-electron chi connectivity index (χ0n) is 13.8. The molecule has 25 heavy (non-hydrogen) atoms. The summed E-state index contributed by atoms with van der Waals surface area (Å²) in [6.45, 7) is -0.260. The predicted molar refractivity (Wildman–Crippen MR) is 96.7 cm³/mol. The Kier molecular flexibility index (Phi) is 6.57. The van der Waals surface area contributed by atoms with E-state index in [0.29, 0.717) is 11.3 Å². The molecule has 0 bridgehead atoms. The van der Waals surface area contributed by atoms with Crippen LogP contribution >= 0.6 is 15.9 Å². The van der Waals surface area contributed by atoms with Crippen molar-refractivity contribution in [3.05, 3.63) is 58.6 Å². The summed E-state index contributed by atoms with van der Waals surface area (Å²) >= 11 is 3.31. The van der Waals surface area contributed by atoms with Crippen molar-refractivity contribution in [2.24, 2.45) is 0 Å². The molecule has 0 atom stereocenters. The molecule has 0 spiro atoms. The molecule has 0 aliphatic carbocycles. The average Bonchev–Trinajstić information content (AvgIpc) is 2.58. The molecule has 6 nitrogen and oxygen atoms in total. The number of sulfonamides is 1. The summed E-state index contributed by atoms with van der Waals surface area (Å²) in [5.74, 6) is 0.00578. The number of rotatable bonds is 7. The van der Waals surface area contributed by atoms with Gasteiger partial charge in [0.2, 0.25) is 10.0 Å². The maximum Gasteiger partial charge on any atom is 0.344 e. The first kappa shape index (κ1) is 19.4. The van der Waals surface area contributed by atoms with Crippen LogP contribution in [0.15, 0.2) is 57.9 Å². The van der Waals surface area contributed by atoms with Crippen molar-refractivity contribution >= 4 is 31.9 Å². The number of hydrogen-bond acceptors (Lipinski definition) is 5. The van der Waals surface area contributed by atoms with Gasteiger partial charge in [-0.15, -0.1) is 0 Å². The van der Waals surface area contributed by atoms with Crippen LogP contribution in [-0.4, -0.2) is 39.4 Å². The Bertz CT molecular complexity index is 852. The Hall–Kier alpha value is -1.90. The van der Waals surface area contributed by atoms with E-state index in [0.717, 1.165) is 8.78 Å². The molecule has 0 radical (unpaired) electrons. The third-order valence-electron chi connectivity index (χ3n) is 3.23. The lowest BCUT2D eigenvalue weighted by Gasteiger charge is -2.12. The van der Waals surface area contributed by atoms with Crippen LogP contribution in [0.5, 0.6) is 5.75 Å². The van der Waals surface area contributed by atoms with Gasteiger partial charge in [0.25, 0.3) is 0 Å². The smallest absolute Gasteiger partial charge is 0.344 e. The average molecular weight is 428 g/mol. The van der Waals surface area contributed by atoms with Gasteiger partial charge in [0.05, 0.1) is 4.90 Å². The molecule has 0 saturated heterocycles. The molecule has 134 valence electrons. The largest absolute Gasteiger partial charge is 0.482 e. The van der Waals surface area contributed by atoms with E-state index in [1.54, 1.807) is 30.3 Å². The summed E-state index contributed by atoms with van der Waals surface area (Å²) in [6.07, 6.45) is 0. The molecular weight excluding hydrogens is 410 g/mol. The van der Waals surface area contributed by atoms with Crippen LogP contribution in [0.1, 0.15) is 5.56 Å². The van der Waals surface area contributed by atoms with Crippen molar-refractivity contribution in [2.45, 2.75) is 11.5 Å². The number of ether oxygens (including phenoxy) is 2. The zero-order chi connectivity index (χ0) is 18.4. The Morgan fingerprint density at radius 1 is 1.12 bits per heavy atom. The molecule has 0 unspecified atom stereocenters. The van der Waals surface area contributed by atoms with Gasteiger partial charge in [0.15, 0.2) is 6.61 Å². The van der Waals surface area contributed by atoms with Gasteiger partial charge in [0, 0.05) is 18.6 Å². The second kappa shape index (κ2) is 8.46. The van der Waals surface area contributed by atoms with Crippen molar-refractivity contribution in [2.75, 3.05) is 20.7 Å². The van der Waals surface area contributed by atoms with Crippen molar-refractivity contribution in [1.82, 2.24) is 4.31 Å². The lowest BCUT2D eigenvalue weighted by atomic mass is 10.2. The maximum atomic E-state index is 12.1. The van der Waals surface area contributed by atoms with E-state index in [9.17, 15) is 13.2 Å². The lowest BCUT2D eigenvalue weighted by Crippen LogP contribution is -2.22. The van der Waals surface area contributed by atoms with Gasteiger partial charge in [-0.3, -0.25) is 0 Å². The van der Waals surface area contributed by atoms with Crippen LogP contribution in [-0.2, 0) is 26.2 Å². The van der Waals surface area contributed by atoms with Crippen molar-refractivity contribution in [1.29, 1.82) is 0 Å². The Morgan fingerprint density at radius 2 is 1.84 bits per heavy atom. The number of carbonyl (C=O) groups is 1. The van der Waals surface area contributed by atoms with Gasteiger partial charge in [0.1, 0.15) is 12.4 Å².